The molecule has 0 fully saturated rings. The molecule has 2 nitrogen and oxygen atoms in total. The van der Waals surface area contributed by atoms with Crippen molar-refractivity contribution < 1.29 is 4.39 Å². The minimum absolute atomic E-state index is 0.128. The molecule has 1 atom stereocenters. The minimum Gasteiger partial charge on any atom is -0.311 e. The lowest BCUT2D eigenvalue weighted by atomic mass is 9.98. The molecule has 2 aromatic rings. The number of nitrogens with one attached hydrogen (secondary N) is 1. The molecule has 0 aliphatic heterocycles. The van der Waals surface area contributed by atoms with Gasteiger partial charge in [-0.1, -0.05) is 19.1 Å². The van der Waals surface area contributed by atoms with Crippen LogP contribution in [-0.4, -0.2) is 12.0 Å². The van der Waals surface area contributed by atoms with E-state index in [9.17, 15) is 4.39 Å². The summed E-state index contributed by atoms with van der Waals surface area (Å²) in [5.74, 6) is -0.234. The van der Waals surface area contributed by atoms with Crippen LogP contribution in [0.1, 0.15) is 29.8 Å². The Morgan fingerprint density at radius 3 is 2.80 bits per heavy atom. The molecule has 0 spiro atoms. The molecule has 0 aliphatic rings. The number of hydrogen-bond donors (Lipinski definition) is 1. The molecule has 106 valence electrons. The van der Waals surface area contributed by atoms with Crippen molar-refractivity contribution in [2.75, 3.05) is 7.05 Å². The summed E-state index contributed by atoms with van der Waals surface area (Å²) < 4.78 is 13.8. The lowest BCUT2D eigenvalue weighted by Crippen LogP contribution is -2.21. The standard InChI is InChI=1S/C16H18BrFN2/c1-3-12-5-4-8-20-16(12)15(19-2)10-11-6-7-14(18)13(17)9-11/h4-9,15,19H,3,10H2,1-2H3. The molecule has 1 N–H and O–H groups in total. The Bertz CT molecular complexity index is 586. The Hall–Kier alpha value is -1.26. The topological polar surface area (TPSA) is 24.9 Å². The van der Waals surface area contributed by atoms with Gasteiger partial charge >= 0.3 is 0 Å². The van der Waals surface area contributed by atoms with Crippen LogP contribution < -0.4 is 5.32 Å². The second-order valence-electron chi connectivity index (χ2n) is 4.70. The Labute approximate surface area is 127 Å². The van der Waals surface area contributed by atoms with Crippen LogP contribution in [0.3, 0.4) is 0 Å². The van der Waals surface area contributed by atoms with Gasteiger partial charge in [0.2, 0.25) is 0 Å². The molecule has 0 amide bonds. The van der Waals surface area contributed by atoms with Crippen LogP contribution in [0.4, 0.5) is 4.39 Å². The summed E-state index contributed by atoms with van der Waals surface area (Å²) in [6, 6.07) is 9.33. The van der Waals surface area contributed by atoms with Crippen molar-refractivity contribution >= 4 is 15.9 Å². The van der Waals surface area contributed by atoms with Gasteiger partial charge in [0.25, 0.3) is 0 Å². The molecule has 4 heteroatoms. The Morgan fingerprint density at radius 1 is 1.35 bits per heavy atom. The van der Waals surface area contributed by atoms with Crippen molar-refractivity contribution in [3.63, 3.8) is 0 Å². The van der Waals surface area contributed by atoms with E-state index < -0.39 is 0 Å². The normalized spacial score (nSPS) is 12.4. The van der Waals surface area contributed by atoms with Gasteiger partial charge in [0.1, 0.15) is 5.82 Å². The first-order valence-electron chi connectivity index (χ1n) is 6.70. The van der Waals surface area contributed by atoms with E-state index >= 15 is 0 Å². The van der Waals surface area contributed by atoms with Crippen LogP contribution in [0.25, 0.3) is 0 Å². The van der Waals surface area contributed by atoms with Crippen LogP contribution in [0.2, 0.25) is 0 Å². The predicted octanol–water partition coefficient (Wildman–Crippen LogP) is 4.05. The SMILES string of the molecule is CCc1cccnc1C(Cc1ccc(F)c(Br)c1)NC. The zero-order valence-electron chi connectivity index (χ0n) is 11.7. The molecule has 1 heterocycles. The number of rotatable bonds is 5. The first kappa shape index (κ1) is 15.1. The molecule has 1 aromatic carbocycles. The highest BCUT2D eigenvalue weighted by Crippen LogP contribution is 2.23. The molecule has 0 radical (unpaired) electrons. The lowest BCUT2D eigenvalue weighted by Gasteiger charge is -2.18. The first-order chi connectivity index (χ1) is 9.65. The van der Waals surface area contributed by atoms with Crippen LogP contribution in [0, 0.1) is 5.82 Å². The largest absolute Gasteiger partial charge is 0.311 e. The van der Waals surface area contributed by atoms with E-state index in [1.165, 1.54) is 11.6 Å². The Kier molecular flexibility index (Phi) is 5.26. The van der Waals surface area contributed by atoms with Crippen LogP contribution in [-0.2, 0) is 12.8 Å². The maximum absolute atomic E-state index is 13.3. The van der Waals surface area contributed by atoms with Gasteiger partial charge in [-0.25, -0.2) is 4.39 Å². The number of benzene rings is 1. The van der Waals surface area contributed by atoms with E-state index in [1.807, 2.05) is 31.4 Å². The molecule has 0 saturated carbocycles. The number of likely N-dealkylation sites (N-methyl/N-ethyl adjacent to an activating group) is 1. The highest BCUT2D eigenvalue weighted by molar-refractivity contribution is 9.10. The van der Waals surface area contributed by atoms with Gasteiger partial charge in [-0.3, -0.25) is 4.98 Å². The fourth-order valence-corrected chi connectivity index (χ4v) is 2.73. The number of aryl methyl sites for hydroxylation is 1. The molecular weight excluding hydrogens is 319 g/mol. The summed E-state index contributed by atoms with van der Waals surface area (Å²) >= 11 is 3.23. The van der Waals surface area contributed by atoms with Crippen molar-refractivity contribution in [1.82, 2.24) is 10.3 Å². The van der Waals surface area contributed by atoms with Gasteiger partial charge in [0, 0.05) is 6.20 Å². The average Bonchev–Trinajstić information content (AvgIpc) is 2.48. The van der Waals surface area contributed by atoms with Crippen molar-refractivity contribution in [3.8, 4) is 0 Å². The minimum atomic E-state index is -0.234. The number of pyridine rings is 1. The third-order valence-electron chi connectivity index (χ3n) is 3.41. The fourth-order valence-electron chi connectivity index (χ4n) is 2.30. The lowest BCUT2D eigenvalue weighted by molar-refractivity contribution is 0.567. The third-order valence-corrected chi connectivity index (χ3v) is 4.02. The molecule has 1 unspecified atom stereocenters. The van der Waals surface area contributed by atoms with Gasteiger partial charge in [0.05, 0.1) is 16.2 Å². The summed E-state index contributed by atoms with van der Waals surface area (Å²) in [6.45, 7) is 2.13. The van der Waals surface area contributed by atoms with Crippen molar-refractivity contribution in [2.24, 2.45) is 0 Å². The van der Waals surface area contributed by atoms with Gasteiger partial charge in [-0.05, 0) is 65.1 Å². The first-order valence-corrected chi connectivity index (χ1v) is 7.50. The molecule has 2 rings (SSSR count). The monoisotopic (exact) mass is 336 g/mol. The number of nitrogens with zero attached hydrogens (tertiary/aromatic N) is 1. The van der Waals surface area contributed by atoms with Gasteiger partial charge in [-0.15, -0.1) is 0 Å². The molecule has 0 bridgehead atoms. The van der Waals surface area contributed by atoms with Crippen molar-refractivity contribution in [1.29, 1.82) is 0 Å². The number of aromatic nitrogens is 1. The van der Waals surface area contributed by atoms with Crippen LogP contribution in [0.15, 0.2) is 41.0 Å². The molecular formula is C16H18BrFN2. The molecule has 0 aliphatic carbocycles. The highest BCUT2D eigenvalue weighted by atomic mass is 79.9. The Morgan fingerprint density at radius 2 is 2.15 bits per heavy atom. The van der Waals surface area contributed by atoms with E-state index in [2.05, 4.69) is 39.2 Å². The van der Waals surface area contributed by atoms with E-state index in [0.717, 1.165) is 24.1 Å². The molecule has 20 heavy (non-hydrogen) atoms. The van der Waals surface area contributed by atoms with Gasteiger partial charge in [-0.2, -0.15) is 0 Å². The summed E-state index contributed by atoms with van der Waals surface area (Å²) in [5.41, 5.74) is 3.39. The maximum Gasteiger partial charge on any atom is 0.137 e. The van der Waals surface area contributed by atoms with Crippen molar-refractivity contribution in [3.05, 3.63) is 63.6 Å². The Balaban J connectivity index is 2.26. The van der Waals surface area contributed by atoms with E-state index in [-0.39, 0.29) is 11.9 Å². The van der Waals surface area contributed by atoms with Gasteiger partial charge < -0.3 is 5.32 Å². The smallest absolute Gasteiger partial charge is 0.137 e. The summed E-state index contributed by atoms with van der Waals surface area (Å²) in [5, 5.41) is 3.30. The zero-order chi connectivity index (χ0) is 14.5. The summed E-state index contributed by atoms with van der Waals surface area (Å²) in [4.78, 5) is 4.51. The average molecular weight is 337 g/mol. The zero-order valence-corrected chi connectivity index (χ0v) is 13.2. The van der Waals surface area contributed by atoms with E-state index in [1.54, 1.807) is 0 Å². The fraction of sp³-hybridized carbons (Fsp3) is 0.312. The third kappa shape index (κ3) is 3.44. The highest BCUT2D eigenvalue weighted by Gasteiger charge is 2.15. The number of hydrogen-bond acceptors (Lipinski definition) is 2. The molecule has 0 saturated heterocycles. The van der Waals surface area contributed by atoms with Crippen LogP contribution >= 0.6 is 15.9 Å². The van der Waals surface area contributed by atoms with Gasteiger partial charge in [0.15, 0.2) is 0 Å². The maximum atomic E-state index is 13.3. The quantitative estimate of drug-likeness (QED) is 0.890. The van der Waals surface area contributed by atoms with Crippen molar-refractivity contribution in [2.45, 2.75) is 25.8 Å². The van der Waals surface area contributed by atoms with E-state index in [4.69, 9.17) is 0 Å². The predicted molar refractivity (Wildman–Crippen MR) is 83.2 cm³/mol. The van der Waals surface area contributed by atoms with E-state index in [0.29, 0.717) is 4.47 Å². The summed E-state index contributed by atoms with van der Waals surface area (Å²) in [6.07, 6.45) is 3.55. The second kappa shape index (κ2) is 6.95. The molecule has 1 aromatic heterocycles. The second-order valence-corrected chi connectivity index (χ2v) is 5.55. The number of halogens is 2. The summed E-state index contributed by atoms with van der Waals surface area (Å²) in [7, 11) is 1.93. The van der Waals surface area contributed by atoms with Crippen LogP contribution in [0.5, 0.6) is 0 Å².